The van der Waals surface area contributed by atoms with E-state index in [2.05, 4.69) is 53.6 Å². The highest BCUT2D eigenvalue weighted by atomic mass is 16.1. The van der Waals surface area contributed by atoms with Gasteiger partial charge in [-0.05, 0) is 42.8 Å². The Labute approximate surface area is 150 Å². The van der Waals surface area contributed by atoms with E-state index in [4.69, 9.17) is 0 Å². The molecule has 1 aliphatic heterocycles. The van der Waals surface area contributed by atoms with E-state index in [0.717, 1.165) is 48.6 Å². The van der Waals surface area contributed by atoms with Gasteiger partial charge in [0, 0.05) is 25.2 Å². The van der Waals surface area contributed by atoms with Gasteiger partial charge in [0.1, 0.15) is 0 Å². The van der Waals surface area contributed by atoms with Crippen LogP contribution in [0.1, 0.15) is 40.9 Å². The molecule has 0 saturated heterocycles. The third kappa shape index (κ3) is 3.69. The fourth-order valence-electron chi connectivity index (χ4n) is 3.42. The van der Waals surface area contributed by atoms with Gasteiger partial charge in [-0.2, -0.15) is 0 Å². The number of nitrogens with one attached hydrogen (secondary N) is 2. The van der Waals surface area contributed by atoms with Gasteiger partial charge in [-0.25, -0.2) is 0 Å². The molecule has 132 valence electrons. The van der Waals surface area contributed by atoms with Gasteiger partial charge in [-0.1, -0.05) is 44.2 Å². The zero-order valence-electron chi connectivity index (χ0n) is 15.4. The van der Waals surface area contributed by atoms with Gasteiger partial charge in [-0.3, -0.25) is 4.79 Å². The third-order valence-corrected chi connectivity index (χ3v) is 4.99. The van der Waals surface area contributed by atoms with Crippen molar-refractivity contribution in [3.63, 3.8) is 0 Å². The van der Waals surface area contributed by atoms with Crippen molar-refractivity contribution >= 4 is 17.3 Å². The second-order valence-corrected chi connectivity index (χ2v) is 6.53. The molecule has 0 spiro atoms. The van der Waals surface area contributed by atoms with Gasteiger partial charge < -0.3 is 15.5 Å². The molecular formula is C21H27N3O. The van der Waals surface area contributed by atoms with Gasteiger partial charge in [0.05, 0.1) is 11.3 Å². The lowest BCUT2D eigenvalue weighted by Gasteiger charge is -2.25. The van der Waals surface area contributed by atoms with E-state index < -0.39 is 0 Å². The van der Waals surface area contributed by atoms with E-state index in [9.17, 15) is 4.79 Å². The lowest BCUT2D eigenvalue weighted by Crippen LogP contribution is -2.35. The molecule has 0 aliphatic carbocycles. The number of benzene rings is 2. The summed E-state index contributed by atoms with van der Waals surface area (Å²) in [4.78, 5) is 15.1. The van der Waals surface area contributed by atoms with Crippen molar-refractivity contribution in [2.75, 3.05) is 31.5 Å². The number of amides is 1. The number of rotatable bonds is 6. The lowest BCUT2D eigenvalue weighted by atomic mass is 9.92. The lowest BCUT2D eigenvalue weighted by molar-refractivity contribution is 0.0949. The number of likely N-dealkylation sites (N-methyl/N-ethyl adjacent to an activating group) is 1. The minimum absolute atomic E-state index is 0.00777. The second kappa shape index (κ2) is 7.70. The molecule has 0 bridgehead atoms. The molecule has 0 aromatic heterocycles. The van der Waals surface area contributed by atoms with Crippen molar-refractivity contribution in [1.82, 2.24) is 10.2 Å². The maximum atomic E-state index is 12.8. The summed E-state index contributed by atoms with van der Waals surface area (Å²) in [5.74, 6) is 0.00777. The monoisotopic (exact) mass is 337 g/mol. The Morgan fingerprint density at radius 1 is 1.12 bits per heavy atom. The zero-order valence-corrected chi connectivity index (χ0v) is 15.4. The number of carbonyl (C=O) groups excluding carboxylic acids is 1. The van der Waals surface area contributed by atoms with Crippen LogP contribution in [0, 0.1) is 6.92 Å². The molecular weight excluding hydrogens is 310 g/mol. The van der Waals surface area contributed by atoms with Crippen LogP contribution in [-0.2, 0) is 6.42 Å². The van der Waals surface area contributed by atoms with E-state index in [-0.39, 0.29) is 5.91 Å². The number of hydrogen-bond acceptors (Lipinski definition) is 3. The molecule has 0 atom stereocenters. The molecule has 2 aromatic carbocycles. The van der Waals surface area contributed by atoms with Crippen LogP contribution in [0.15, 0.2) is 36.4 Å². The Morgan fingerprint density at radius 3 is 2.64 bits per heavy atom. The summed E-state index contributed by atoms with van der Waals surface area (Å²) in [5, 5.41) is 6.57. The van der Waals surface area contributed by atoms with E-state index in [1.165, 1.54) is 11.1 Å². The molecule has 0 saturated carbocycles. The first-order valence-electron chi connectivity index (χ1n) is 9.12. The molecule has 0 unspecified atom stereocenters. The number of carbonyl (C=O) groups is 1. The summed E-state index contributed by atoms with van der Waals surface area (Å²) in [6, 6.07) is 12.5. The van der Waals surface area contributed by atoms with Crippen molar-refractivity contribution in [2.24, 2.45) is 0 Å². The molecule has 4 nitrogen and oxygen atoms in total. The summed E-state index contributed by atoms with van der Waals surface area (Å²) < 4.78 is 0. The number of para-hydroxylation sites is 1. The van der Waals surface area contributed by atoms with Gasteiger partial charge >= 0.3 is 0 Å². The second-order valence-electron chi connectivity index (χ2n) is 6.53. The normalized spacial score (nSPS) is 12.3. The van der Waals surface area contributed by atoms with E-state index >= 15 is 0 Å². The summed E-state index contributed by atoms with van der Waals surface area (Å²) >= 11 is 0. The number of aryl methyl sites for hydroxylation is 1. The summed E-state index contributed by atoms with van der Waals surface area (Å²) in [6.45, 7) is 9.84. The first-order valence-corrected chi connectivity index (χ1v) is 9.12. The highest BCUT2D eigenvalue weighted by Gasteiger charge is 2.22. The molecule has 2 aromatic rings. The van der Waals surface area contributed by atoms with Crippen LogP contribution >= 0.6 is 0 Å². The Morgan fingerprint density at radius 2 is 1.88 bits per heavy atom. The molecule has 25 heavy (non-hydrogen) atoms. The number of fused-ring (bicyclic) bond motifs is 2. The van der Waals surface area contributed by atoms with Crippen LogP contribution in [0.25, 0.3) is 0 Å². The predicted octanol–water partition coefficient (Wildman–Crippen LogP) is 3.71. The molecule has 4 heteroatoms. The highest BCUT2D eigenvalue weighted by molar-refractivity contribution is 6.03. The van der Waals surface area contributed by atoms with Crippen molar-refractivity contribution in [3.8, 4) is 0 Å². The average molecular weight is 337 g/mol. The van der Waals surface area contributed by atoms with Crippen LogP contribution in [0.3, 0.4) is 0 Å². The first kappa shape index (κ1) is 17.5. The van der Waals surface area contributed by atoms with Crippen molar-refractivity contribution < 1.29 is 4.79 Å². The minimum Gasteiger partial charge on any atom is -0.354 e. The van der Waals surface area contributed by atoms with E-state index in [0.29, 0.717) is 6.54 Å². The largest absolute Gasteiger partial charge is 0.354 e. The van der Waals surface area contributed by atoms with Crippen LogP contribution in [0.2, 0.25) is 0 Å². The van der Waals surface area contributed by atoms with Gasteiger partial charge in [0.25, 0.3) is 5.91 Å². The maximum Gasteiger partial charge on any atom is 0.253 e. The van der Waals surface area contributed by atoms with Crippen LogP contribution < -0.4 is 10.6 Å². The fourth-order valence-corrected chi connectivity index (χ4v) is 3.42. The Hall–Kier alpha value is -2.33. The van der Waals surface area contributed by atoms with Crippen molar-refractivity contribution in [1.29, 1.82) is 0 Å². The van der Waals surface area contributed by atoms with Crippen LogP contribution in [0.4, 0.5) is 11.4 Å². The van der Waals surface area contributed by atoms with E-state index in [1.807, 2.05) is 19.1 Å². The first-order chi connectivity index (χ1) is 12.1. The zero-order chi connectivity index (χ0) is 17.8. The van der Waals surface area contributed by atoms with Crippen LogP contribution in [0.5, 0.6) is 0 Å². The Balaban J connectivity index is 1.80. The molecule has 3 rings (SSSR count). The molecule has 0 radical (unpaired) electrons. The quantitative estimate of drug-likeness (QED) is 0.721. The summed E-state index contributed by atoms with van der Waals surface area (Å²) in [7, 11) is 0. The summed E-state index contributed by atoms with van der Waals surface area (Å²) in [5.41, 5.74) is 6.28. The Bertz CT molecular complexity index is 766. The van der Waals surface area contributed by atoms with Crippen molar-refractivity contribution in [2.45, 2.75) is 27.2 Å². The highest BCUT2D eigenvalue weighted by Crippen LogP contribution is 2.36. The van der Waals surface area contributed by atoms with Gasteiger partial charge in [-0.15, -0.1) is 0 Å². The smallest absolute Gasteiger partial charge is 0.253 e. The number of nitrogens with zero attached hydrogens (tertiary/aromatic N) is 1. The molecule has 1 aliphatic rings. The predicted molar refractivity (Wildman–Crippen MR) is 104 cm³/mol. The van der Waals surface area contributed by atoms with Crippen molar-refractivity contribution in [3.05, 3.63) is 58.7 Å². The molecule has 2 N–H and O–H groups in total. The molecule has 1 amide bonds. The molecule has 1 heterocycles. The SMILES string of the molecule is CCN(CC)CCNC(=O)c1c(C)ccc2c1Nc1ccccc1C2. The topological polar surface area (TPSA) is 44.4 Å². The minimum atomic E-state index is 0.00777. The molecule has 0 fully saturated rings. The standard InChI is InChI=1S/C21H27N3O/c1-4-24(5-2)13-12-22-21(25)19-15(3)10-11-17-14-16-8-6-7-9-18(16)23-20(17)19/h6-11,23H,4-5,12-14H2,1-3H3,(H,22,25). The van der Waals surface area contributed by atoms with Gasteiger partial charge in [0.2, 0.25) is 0 Å². The fraction of sp³-hybridized carbons (Fsp3) is 0.381. The van der Waals surface area contributed by atoms with Gasteiger partial charge in [0.15, 0.2) is 0 Å². The Kier molecular flexibility index (Phi) is 5.39. The third-order valence-electron chi connectivity index (χ3n) is 4.99. The van der Waals surface area contributed by atoms with E-state index in [1.54, 1.807) is 0 Å². The number of hydrogen-bond donors (Lipinski definition) is 2. The number of anilines is 2. The average Bonchev–Trinajstić information content (AvgIpc) is 2.63. The summed E-state index contributed by atoms with van der Waals surface area (Å²) in [6.07, 6.45) is 0.860. The van der Waals surface area contributed by atoms with Crippen LogP contribution in [-0.4, -0.2) is 37.0 Å². The maximum absolute atomic E-state index is 12.8.